The molecule has 1 fully saturated rings. The lowest BCUT2D eigenvalue weighted by molar-refractivity contribution is -0.134. The minimum absolute atomic E-state index is 0.0451. The van der Waals surface area contributed by atoms with E-state index in [9.17, 15) is 14.4 Å². The number of para-hydroxylation sites is 1. The molecule has 0 N–H and O–H groups in total. The van der Waals surface area contributed by atoms with E-state index >= 15 is 0 Å². The second-order valence-corrected chi connectivity index (χ2v) is 8.39. The number of carbonyl (C=O) groups excluding carboxylic acids is 3. The van der Waals surface area contributed by atoms with Crippen LogP contribution in [0, 0.1) is 6.92 Å². The number of methoxy groups -OCH3 is 1. The monoisotopic (exact) mass is 421 g/mol. The van der Waals surface area contributed by atoms with Gasteiger partial charge in [-0.1, -0.05) is 23.8 Å². The average Bonchev–Trinajstić information content (AvgIpc) is 2.78. The SMILES string of the molecule is COc1ccccc1C(=O)CCC(=O)N1CCC2(CC1)CC(=O)c1cc(C)ccc1O2. The minimum atomic E-state index is -0.538. The number of ether oxygens (including phenoxy) is 2. The summed E-state index contributed by atoms with van der Waals surface area (Å²) in [6.07, 6.45) is 1.86. The molecular weight excluding hydrogens is 394 g/mol. The molecule has 0 aromatic heterocycles. The number of Topliss-reactive ketones (excluding diaryl/α,β-unsaturated/α-hetero) is 2. The number of ketones is 2. The maximum Gasteiger partial charge on any atom is 0.223 e. The van der Waals surface area contributed by atoms with Crippen molar-refractivity contribution in [3.05, 3.63) is 59.2 Å². The molecule has 0 saturated carbocycles. The minimum Gasteiger partial charge on any atom is -0.496 e. The Hall–Kier alpha value is -3.15. The predicted octanol–water partition coefficient (Wildman–Crippen LogP) is 3.99. The highest BCUT2D eigenvalue weighted by molar-refractivity contribution is 6.01. The summed E-state index contributed by atoms with van der Waals surface area (Å²) in [4.78, 5) is 39.7. The summed E-state index contributed by atoms with van der Waals surface area (Å²) in [6, 6.07) is 12.7. The first kappa shape index (κ1) is 21.1. The molecule has 2 aromatic carbocycles. The lowest BCUT2D eigenvalue weighted by Gasteiger charge is -2.44. The third-order valence-electron chi connectivity index (χ3n) is 6.25. The number of rotatable bonds is 5. The number of benzene rings is 2. The highest BCUT2D eigenvalue weighted by Crippen LogP contribution is 2.39. The van der Waals surface area contributed by atoms with Crippen molar-refractivity contribution < 1.29 is 23.9 Å². The number of aryl methyl sites for hydroxylation is 1. The largest absolute Gasteiger partial charge is 0.496 e. The molecule has 2 aliphatic heterocycles. The van der Waals surface area contributed by atoms with E-state index in [0.717, 1.165) is 5.56 Å². The van der Waals surface area contributed by atoms with Gasteiger partial charge in [-0.2, -0.15) is 0 Å². The summed E-state index contributed by atoms with van der Waals surface area (Å²) < 4.78 is 11.5. The number of amides is 1. The molecule has 6 heteroatoms. The first-order valence-corrected chi connectivity index (χ1v) is 10.7. The molecule has 162 valence electrons. The number of hydrogen-bond donors (Lipinski definition) is 0. The fraction of sp³-hybridized carbons (Fsp3) is 0.400. The van der Waals surface area contributed by atoms with E-state index in [2.05, 4.69) is 0 Å². The van der Waals surface area contributed by atoms with Gasteiger partial charge in [-0.15, -0.1) is 0 Å². The van der Waals surface area contributed by atoms with Gasteiger partial charge in [-0.05, 0) is 31.2 Å². The van der Waals surface area contributed by atoms with Gasteiger partial charge in [-0.3, -0.25) is 14.4 Å². The fourth-order valence-electron chi connectivity index (χ4n) is 4.44. The maximum atomic E-state index is 12.7. The molecule has 2 aliphatic rings. The molecular formula is C25H27NO5. The second kappa shape index (κ2) is 8.53. The van der Waals surface area contributed by atoms with E-state index in [-0.39, 0.29) is 30.3 Å². The molecule has 2 heterocycles. The summed E-state index contributed by atoms with van der Waals surface area (Å²) >= 11 is 0. The molecule has 0 bridgehead atoms. The van der Waals surface area contributed by atoms with Gasteiger partial charge < -0.3 is 14.4 Å². The van der Waals surface area contributed by atoms with E-state index in [0.29, 0.717) is 55.0 Å². The van der Waals surface area contributed by atoms with Gasteiger partial charge >= 0.3 is 0 Å². The van der Waals surface area contributed by atoms with Gasteiger partial charge in [0.1, 0.15) is 17.1 Å². The predicted molar refractivity (Wildman–Crippen MR) is 116 cm³/mol. The van der Waals surface area contributed by atoms with Crippen molar-refractivity contribution in [1.82, 2.24) is 4.90 Å². The summed E-state index contributed by atoms with van der Waals surface area (Å²) in [6.45, 7) is 3.01. The maximum absolute atomic E-state index is 12.7. The van der Waals surface area contributed by atoms with Gasteiger partial charge in [0.25, 0.3) is 0 Å². The van der Waals surface area contributed by atoms with Crippen LogP contribution in [0.15, 0.2) is 42.5 Å². The highest BCUT2D eigenvalue weighted by atomic mass is 16.5. The number of likely N-dealkylation sites (tertiary alicyclic amines) is 1. The number of carbonyl (C=O) groups is 3. The number of hydrogen-bond acceptors (Lipinski definition) is 5. The Kier molecular flexibility index (Phi) is 5.81. The number of fused-ring (bicyclic) bond motifs is 1. The van der Waals surface area contributed by atoms with Crippen molar-refractivity contribution >= 4 is 17.5 Å². The van der Waals surface area contributed by atoms with Gasteiger partial charge in [0.15, 0.2) is 11.6 Å². The van der Waals surface area contributed by atoms with Crippen LogP contribution in [0.25, 0.3) is 0 Å². The summed E-state index contributed by atoms with van der Waals surface area (Å²) in [7, 11) is 1.53. The van der Waals surface area contributed by atoms with Crippen molar-refractivity contribution in [2.75, 3.05) is 20.2 Å². The Labute approximate surface area is 182 Å². The van der Waals surface area contributed by atoms with Crippen LogP contribution in [-0.4, -0.2) is 48.2 Å². The smallest absolute Gasteiger partial charge is 0.223 e. The first-order valence-electron chi connectivity index (χ1n) is 10.7. The number of nitrogens with zero attached hydrogens (tertiary/aromatic N) is 1. The molecule has 0 atom stereocenters. The van der Waals surface area contributed by atoms with E-state index < -0.39 is 5.60 Å². The van der Waals surface area contributed by atoms with Crippen LogP contribution in [0.2, 0.25) is 0 Å². The molecule has 31 heavy (non-hydrogen) atoms. The van der Waals surface area contributed by atoms with Gasteiger partial charge in [0, 0.05) is 38.8 Å². The molecule has 1 saturated heterocycles. The third-order valence-corrected chi connectivity index (χ3v) is 6.25. The van der Waals surface area contributed by atoms with Crippen molar-refractivity contribution in [2.24, 2.45) is 0 Å². The van der Waals surface area contributed by atoms with Gasteiger partial charge in [-0.25, -0.2) is 0 Å². The molecule has 1 spiro atoms. The van der Waals surface area contributed by atoms with Crippen LogP contribution in [0.3, 0.4) is 0 Å². The van der Waals surface area contributed by atoms with E-state index in [1.165, 1.54) is 7.11 Å². The molecule has 4 rings (SSSR count). The zero-order valence-electron chi connectivity index (χ0n) is 18.0. The second-order valence-electron chi connectivity index (χ2n) is 8.39. The molecule has 0 aliphatic carbocycles. The summed E-state index contributed by atoms with van der Waals surface area (Å²) in [5.41, 5.74) is 1.65. The van der Waals surface area contributed by atoms with Crippen LogP contribution < -0.4 is 9.47 Å². The summed E-state index contributed by atoms with van der Waals surface area (Å²) in [5.74, 6) is 1.12. The van der Waals surface area contributed by atoms with E-state index in [4.69, 9.17) is 9.47 Å². The van der Waals surface area contributed by atoms with Crippen LogP contribution >= 0.6 is 0 Å². The quantitative estimate of drug-likeness (QED) is 0.683. The standard InChI is InChI=1S/C25H27NO5/c1-17-7-9-23-19(15-17)21(28)16-25(31-23)11-13-26(14-12-25)24(29)10-8-20(27)18-5-3-4-6-22(18)30-2/h3-7,9,15H,8,10-14,16H2,1-2H3. The Bertz CT molecular complexity index is 1020. The van der Waals surface area contributed by atoms with Crippen molar-refractivity contribution in [3.63, 3.8) is 0 Å². The van der Waals surface area contributed by atoms with Gasteiger partial charge in [0.2, 0.25) is 5.91 Å². The Morgan fingerprint density at radius 1 is 1.10 bits per heavy atom. The zero-order valence-corrected chi connectivity index (χ0v) is 18.0. The van der Waals surface area contributed by atoms with Crippen molar-refractivity contribution in [3.8, 4) is 11.5 Å². The van der Waals surface area contributed by atoms with Gasteiger partial charge in [0.05, 0.1) is 24.7 Å². The Morgan fingerprint density at radius 3 is 2.58 bits per heavy atom. The fourth-order valence-corrected chi connectivity index (χ4v) is 4.44. The van der Waals surface area contributed by atoms with Crippen molar-refractivity contribution in [1.29, 1.82) is 0 Å². The van der Waals surface area contributed by atoms with Crippen LogP contribution in [0.5, 0.6) is 11.5 Å². The first-order chi connectivity index (χ1) is 14.9. The lowest BCUT2D eigenvalue weighted by atomic mass is 9.82. The zero-order chi connectivity index (χ0) is 22.0. The Balaban J connectivity index is 1.34. The van der Waals surface area contributed by atoms with Crippen LogP contribution in [-0.2, 0) is 4.79 Å². The highest BCUT2D eigenvalue weighted by Gasteiger charge is 2.43. The molecule has 0 unspecified atom stereocenters. The Morgan fingerprint density at radius 2 is 1.84 bits per heavy atom. The average molecular weight is 421 g/mol. The lowest BCUT2D eigenvalue weighted by Crippen LogP contribution is -2.52. The summed E-state index contributed by atoms with van der Waals surface area (Å²) in [5, 5.41) is 0. The van der Waals surface area contributed by atoms with E-state index in [1.54, 1.807) is 23.1 Å². The topological polar surface area (TPSA) is 72.9 Å². The van der Waals surface area contributed by atoms with Crippen molar-refractivity contribution in [2.45, 2.75) is 44.6 Å². The molecule has 0 radical (unpaired) electrons. The normalized spacial score (nSPS) is 17.1. The number of piperidine rings is 1. The van der Waals surface area contributed by atoms with Crippen LogP contribution in [0.4, 0.5) is 0 Å². The van der Waals surface area contributed by atoms with E-state index in [1.807, 2.05) is 31.2 Å². The molecule has 1 amide bonds. The van der Waals surface area contributed by atoms with Crippen LogP contribution in [0.1, 0.15) is 58.4 Å². The third kappa shape index (κ3) is 4.33. The molecule has 2 aromatic rings. The molecule has 6 nitrogen and oxygen atoms in total.